The number of benzene rings is 1. The first-order valence-corrected chi connectivity index (χ1v) is 11.3. The maximum Gasteiger partial charge on any atom is 0.356 e. The Morgan fingerprint density at radius 2 is 2.09 bits per heavy atom. The zero-order chi connectivity index (χ0) is 24.6. The highest BCUT2D eigenvalue weighted by Gasteiger charge is 2.28. The van der Waals surface area contributed by atoms with Gasteiger partial charge in [0.1, 0.15) is 11.2 Å². The molecule has 1 saturated heterocycles. The molecule has 2 aromatic heterocycles. The van der Waals surface area contributed by atoms with Gasteiger partial charge in [-0.3, -0.25) is 0 Å². The number of aromatic carboxylic acids is 1. The number of nitrogens with one attached hydrogen (secondary N) is 1. The minimum absolute atomic E-state index is 0.00478. The van der Waals surface area contributed by atoms with Crippen LogP contribution < -0.4 is 10.2 Å². The normalized spacial score (nSPS) is 19.0. The van der Waals surface area contributed by atoms with Crippen molar-refractivity contribution >= 4 is 40.1 Å². The molecule has 3 heterocycles. The molecule has 1 aliphatic rings. The van der Waals surface area contributed by atoms with Crippen molar-refractivity contribution in [2.45, 2.75) is 45.9 Å². The van der Waals surface area contributed by atoms with E-state index in [9.17, 15) is 15.2 Å². The summed E-state index contributed by atoms with van der Waals surface area (Å²) in [6, 6.07) is 8.91. The number of fused-ring (bicyclic) bond motifs is 1. The number of hydrogen-bond acceptors (Lipinski definition) is 8. The Morgan fingerprint density at radius 3 is 2.79 bits per heavy atom. The van der Waals surface area contributed by atoms with Crippen LogP contribution in [0.4, 0.5) is 11.5 Å². The number of morpholine rings is 1. The van der Waals surface area contributed by atoms with Crippen LogP contribution in [0.15, 0.2) is 24.3 Å². The number of carboxylic acids is 1. The van der Waals surface area contributed by atoms with Crippen molar-refractivity contribution in [2.75, 3.05) is 23.4 Å². The number of hydrogen-bond donors (Lipinski definition) is 2. The molecule has 9 nitrogen and oxygen atoms in total. The van der Waals surface area contributed by atoms with E-state index in [0.29, 0.717) is 35.7 Å². The van der Waals surface area contributed by atoms with E-state index in [1.54, 1.807) is 6.07 Å². The average molecular weight is 481 g/mol. The van der Waals surface area contributed by atoms with Crippen molar-refractivity contribution in [3.8, 4) is 6.07 Å². The lowest BCUT2D eigenvalue weighted by atomic mass is 10.0. The minimum Gasteiger partial charge on any atom is -0.476 e. The fourth-order valence-corrected chi connectivity index (χ4v) is 4.30. The first kappa shape index (κ1) is 23.7. The molecule has 34 heavy (non-hydrogen) atoms. The number of pyridine rings is 1. The quantitative estimate of drug-likeness (QED) is 0.513. The van der Waals surface area contributed by atoms with E-state index in [4.69, 9.17) is 21.3 Å². The van der Waals surface area contributed by atoms with Crippen LogP contribution in [0, 0.1) is 18.3 Å². The van der Waals surface area contributed by atoms with Gasteiger partial charge in [-0.15, -0.1) is 0 Å². The van der Waals surface area contributed by atoms with Gasteiger partial charge in [0, 0.05) is 12.1 Å². The smallest absolute Gasteiger partial charge is 0.356 e. The Labute approximate surface area is 202 Å². The number of anilines is 2. The molecule has 1 aliphatic heterocycles. The lowest BCUT2D eigenvalue weighted by molar-refractivity contribution is 0.0340. The molecule has 0 bridgehead atoms. The van der Waals surface area contributed by atoms with Gasteiger partial charge < -0.3 is 20.1 Å². The van der Waals surface area contributed by atoms with Gasteiger partial charge in [-0.2, -0.15) is 5.26 Å². The summed E-state index contributed by atoms with van der Waals surface area (Å²) in [5.74, 6) is -0.656. The van der Waals surface area contributed by atoms with E-state index in [1.165, 1.54) is 6.07 Å². The SMILES string of the molecule is Cc1cc([C@@H](C)Nc2ccc(Cl)nc2C(=O)O)c2nc(N3C[C@H](C)OC[C@H]3C)c(C#N)nc2c1. The van der Waals surface area contributed by atoms with Crippen LogP contribution in [0.1, 0.15) is 54.1 Å². The average Bonchev–Trinajstić information content (AvgIpc) is 2.80. The van der Waals surface area contributed by atoms with Crippen LogP contribution in [0.2, 0.25) is 5.15 Å². The van der Waals surface area contributed by atoms with Crippen molar-refractivity contribution in [3.63, 3.8) is 0 Å². The van der Waals surface area contributed by atoms with Gasteiger partial charge in [-0.05, 0) is 51.5 Å². The molecule has 0 spiro atoms. The number of carbonyl (C=O) groups is 1. The second-order valence-electron chi connectivity index (χ2n) is 8.58. The van der Waals surface area contributed by atoms with E-state index in [-0.39, 0.29) is 34.7 Å². The molecule has 0 radical (unpaired) electrons. The van der Waals surface area contributed by atoms with Crippen LogP contribution in [0.3, 0.4) is 0 Å². The highest BCUT2D eigenvalue weighted by molar-refractivity contribution is 6.29. The fourth-order valence-electron chi connectivity index (χ4n) is 4.15. The van der Waals surface area contributed by atoms with Crippen LogP contribution in [0.5, 0.6) is 0 Å². The van der Waals surface area contributed by atoms with E-state index < -0.39 is 5.97 Å². The summed E-state index contributed by atoms with van der Waals surface area (Å²) in [5.41, 5.74) is 3.47. The molecule has 10 heteroatoms. The number of carboxylic acid groups (broad SMARTS) is 1. The molecule has 2 N–H and O–H groups in total. The molecule has 0 unspecified atom stereocenters. The summed E-state index contributed by atoms with van der Waals surface area (Å²) in [5, 5.41) is 22.7. The van der Waals surface area contributed by atoms with Gasteiger partial charge in [0.2, 0.25) is 0 Å². The molecule has 3 aromatic rings. The maximum absolute atomic E-state index is 11.7. The van der Waals surface area contributed by atoms with Crippen LogP contribution in [-0.2, 0) is 4.74 Å². The van der Waals surface area contributed by atoms with Crippen LogP contribution >= 0.6 is 11.6 Å². The Balaban J connectivity index is 1.82. The van der Waals surface area contributed by atoms with E-state index in [1.807, 2.05) is 39.8 Å². The number of halogens is 1. The second-order valence-corrected chi connectivity index (χ2v) is 8.96. The molecule has 1 fully saturated rings. The predicted molar refractivity (Wildman–Crippen MR) is 129 cm³/mol. The highest BCUT2D eigenvalue weighted by Crippen LogP contribution is 2.31. The van der Waals surface area contributed by atoms with Crippen LogP contribution in [-0.4, -0.2) is 51.3 Å². The standard InChI is InChI=1S/C24H25ClN6O3/c1-12-7-16(15(4)27-17-5-6-20(25)29-22(17)24(32)33)21-18(8-12)28-19(9-26)23(30-21)31-10-14(3)34-11-13(31)2/h5-8,13-15,27H,10-11H2,1-4H3,(H,32,33)/t13-,14+,15-/m1/s1. The number of nitriles is 1. The Hall–Kier alpha value is -3.48. The number of nitrogens with zero attached hydrogens (tertiary/aromatic N) is 5. The first-order valence-electron chi connectivity index (χ1n) is 10.9. The van der Waals surface area contributed by atoms with Crippen LogP contribution in [0.25, 0.3) is 11.0 Å². The summed E-state index contributed by atoms with van der Waals surface area (Å²) in [7, 11) is 0. The summed E-state index contributed by atoms with van der Waals surface area (Å²) < 4.78 is 5.74. The summed E-state index contributed by atoms with van der Waals surface area (Å²) in [6.07, 6.45) is 0.00478. The Bertz CT molecular complexity index is 1310. The van der Waals surface area contributed by atoms with Gasteiger partial charge in [-0.25, -0.2) is 19.7 Å². The van der Waals surface area contributed by atoms with Crippen molar-refractivity contribution < 1.29 is 14.6 Å². The highest BCUT2D eigenvalue weighted by atomic mass is 35.5. The third-order valence-electron chi connectivity index (χ3n) is 5.81. The molecule has 176 valence electrons. The molecule has 0 aliphatic carbocycles. The number of rotatable bonds is 5. The van der Waals surface area contributed by atoms with E-state index >= 15 is 0 Å². The number of aromatic nitrogens is 3. The summed E-state index contributed by atoms with van der Waals surface area (Å²) in [6.45, 7) is 9.00. The first-order chi connectivity index (χ1) is 16.2. The lowest BCUT2D eigenvalue weighted by Gasteiger charge is -2.37. The number of aryl methyl sites for hydroxylation is 1. The summed E-state index contributed by atoms with van der Waals surface area (Å²) in [4.78, 5) is 27.2. The third-order valence-corrected chi connectivity index (χ3v) is 6.02. The van der Waals surface area contributed by atoms with Gasteiger partial charge in [-0.1, -0.05) is 17.7 Å². The molecule has 3 atom stereocenters. The zero-order valence-electron chi connectivity index (χ0n) is 19.3. The van der Waals surface area contributed by atoms with Gasteiger partial charge >= 0.3 is 5.97 Å². The van der Waals surface area contributed by atoms with Crippen molar-refractivity contribution in [3.05, 3.63) is 51.9 Å². The Kier molecular flexibility index (Phi) is 6.55. The van der Waals surface area contributed by atoms with E-state index in [2.05, 4.69) is 26.3 Å². The van der Waals surface area contributed by atoms with Gasteiger partial charge in [0.15, 0.2) is 17.2 Å². The van der Waals surface area contributed by atoms with Crippen molar-refractivity contribution in [1.29, 1.82) is 5.26 Å². The van der Waals surface area contributed by atoms with Gasteiger partial charge in [0.25, 0.3) is 0 Å². The van der Waals surface area contributed by atoms with Crippen molar-refractivity contribution in [2.24, 2.45) is 0 Å². The topological polar surface area (TPSA) is 124 Å². The molecule has 1 aromatic carbocycles. The van der Waals surface area contributed by atoms with Crippen molar-refractivity contribution in [1.82, 2.24) is 15.0 Å². The zero-order valence-corrected chi connectivity index (χ0v) is 20.1. The molecular weight excluding hydrogens is 456 g/mol. The molecule has 0 amide bonds. The fraction of sp³-hybridized carbons (Fsp3) is 0.375. The Morgan fingerprint density at radius 1 is 1.32 bits per heavy atom. The lowest BCUT2D eigenvalue weighted by Crippen LogP contribution is -2.48. The monoisotopic (exact) mass is 480 g/mol. The number of ether oxygens (including phenoxy) is 1. The minimum atomic E-state index is -1.18. The second kappa shape index (κ2) is 9.41. The predicted octanol–water partition coefficient (Wildman–Crippen LogP) is 4.34. The van der Waals surface area contributed by atoms with Gasteiger partial charge in [0.05, 0.1) is 41.5 Å². The third kappa shape index (κ3) is 4.60. The molecule has 4 rings (SSSR count). The molecular formula is C24H25ClN6O3. The van der Waals surface area contributed by atoms with E-state index in [0.717, 1.165) is 11.1 Å². The maximum atomic E-state index is 11.7. The largest absolute Gasteiger partial charge is 0.476 e. The summed E-state index contributed by atoms with van der Waals surface area (Å²) >= 11 is 5.89. The molecule has 0 saturated carbocycles.